The summed E-state index contributed by atoms with van der Waals surface area (Å²) in [4.78, 5) is 3.90. The molecule has 0 aliphatic rings. The highest BCUT2D eigenvalue weighted by atomic mass is 19.2. The van der Waals surface area contributed by atoms with Crippen molar-refractivity contribution in [3.63, 3.8) is 0 Å². The van der Waals surface area contributed by atoms with E-state index in [0.29, 0.717) is 6.42 Å². The molecule has 0 saturated carbocycles. The fourth-order valence-corrected chi connectivity index (χ4v) is 1.47. The maximum Gasteiger partial charge on any atom is 0.244 e. The Hall–Kier alpha value is -2.15. The molecule has 19 heavy (non-hydrogen) atoms. The molecule has 0 fully saturated rings. The first kappa shape index (κ1) is 13.3. The highest BCUT2D eigenvalue weighted by Gasteiger charge is 2.17. The largest absolute Gasteiger partial charge is 0.337 e. The van der Waals surface area contributed by atoms with Gasteiger partial charge in [0.15, 0.2) is 17.5 Å². The zero-order valence-corrected chi connectivity index (χ0v) is 9.74. The minimum Gasteiger partial charge on any atom is -0.337 e. The summed E-state index contributed by atoms with van der Waals surface area (Å²) in [6.07, 6.45) is 1.99. The third kappa shape index (κ3) is 2.65. The molecule has 2 aromatic rings. The summed E-state index contributed by atoms with van der Waals surface area (Å²) in [5, 5.41) is 3.55. The number of hydrogen-bond donors (Lipinski definition) is 1. The molecule has 0 spiro atoms. The molecule has 1 aromatic heterocycles. The molecule has 7 heteroatoms. The van der Waals surface area contributed by atoms with E-state index in [0.717, 1.165) is 12.1 Å². The summed E-state index contributed by atoms with van der Waals surface area (Å²) in [6.45, 7) is 3.51. The maximum atomic E-state index is 13.1. The maximum absolute atomic E-state index is 13.1. The third-order valence-corrected chi connectivity index (χ3v) is 2.42. The molecule has 0 radical (unpaired) electrons. The Kier molecular flexibility index (Phi) is 3.66. The van der Waals surface area contributed by atoms with Gasteiger partial charge >= 0.3 is 0 Å². The Bertz CT molecular complexity index is 589. The minimum absolute atomic E-state index is 0.0304. The van der Waals surface area contributed by atoms with Crippen LogP contribution in [-0.4, -0.2) is 10.1 Å². The second kappa shape index (κ2) is 5.23. The third-order valence-electron chi connectivity index (χ3n) is 2.42. The summed E-state index contributed by atoms with van der Waals surface area (Å²) >= 11 is 0. The van der Waals surface area contributed by atoms with E-state index < -0.39 is 23.5 Å². The van der Waals surface area contributed by atoms with Gasteiger partial charge in [0, 0.05) is 5.56 Å². The van der Waals surface area contributed by atoms with Crippen LogP contribution >= 0.6 is 0 Å². The molecule has 0 bridgehead atoms. The van der Waals surface area contributed by atoms with E-state index in [1.807, 2.05) is 0 Å². The molecule has 0 saturated heterocycles. The molecular weight excluding hydrogens is 259 g/mol. The van der Waals surface area contributed by atoms with E-state index >= 15 is 0 Å². The van der Waals surface area contributed by atoms with Gasteiger partial charge in [0.2, 0.25) is 11.7 Å². The molecule has 1 aromatic carbocycles. The molecule has 100 valence electrons. The van der Waals surface area contributed by atoms with Crippen LogP contribution in [0.4, 0.5) is 13.2 Å². The number of nitrogens with two attached hydrogens (primary N) is 1. The lowest BCUT2D eigenvalue weighted by atomic mass is 10.2. The van der Waals surface area contributed by atoms with Gasteiger partial charge in [0.25, 0.3) is 0 Å². The van der Waals surface area contributed by atoms with Crippen LogP contribution in [0.2, 0.25) is 0 Å². The second-order valence-corrected chi connectivity index (χ2v) is 3.84. The molecule has 0 amide bonds. The number of halogens is 3. The Balaban J connectivity index is 2.35. The molecule has 0 aliphatic heterocycles. The highest BCUT2D eigenvalue weighted by molar-refractivity contribution is 5.54. The lowest BCUT2D eigenvalue weighted by Crippen LogP contribution is -2.09. The van der Waals surface area contributed by atoms with Crippen LogP contribution in [0.15, 0.2) is 29.3 Å². The fraction of sp³-hybridized carbons (Fsp3) is 0.167. The molecular formula is C12H10F3N3O. The monoisotopic (exact) mass is 269 g/mol. The van der Waals surface area contributed by atoms with E-state index in [1.54, 1.807) is 6.08 Å². The van der Waals surface area contributed by atoms with Crippen molar-refractivity contribution >= 4 is 0 Å². The predicted octanol–water partition coefficient (Wildman–Crippen LogP) is 2.73. The molecule has 1 heterocycles. The van der Waals surface area contributed by atoms with Gasteiger partial charge < -0.3 is 10.3 Å². The van der Waals surface area contributed by atoms with Crippen molar-refractivity contribution in [2.75, 3.05) is 0 Å². The summed E-state index contributed by atoms with van der Waals surface area (Å²) in [5.74, 6) is -4.14. The average molecular weight is 269 g/mol. The number of benzene rings is 1. The number of nitrogens with zero attached hydrogens (tertiary/aromatic N) is 2. The topological polar surface area (TPSA) is 64.9 Å². The number of aromatic nitrogens is 2. The SMILES string of the molecule is C=CCC(N)c1nc(-c2cc(F)c(F)c(F)c2)no1. The van der Waals surface area contributed by atoms with Crippen molar-refractivity contribution in [1.82, 2.24) is 10.1 Å². The normalized spacial score (nSPS) is 12.4. The first-order valence-corrected chi connectivity index (χ1v) is 5.38. The van der Waals surface area contributed by atoms with Crippen molar-refractivity contribution in [1.29, 1.82) is 0 Å². The standard InChI is InChI=1S/C12H10F3N3O/c1-2-3-9(16)12-17-11(18-19-12)6-4-7(13)10(15)8(14)5-6/h2,4-5,9H,1,3,16H2. The summed E-state index contributed by atoms with van der Waals surface area (Å²) < 4.78 is 43.8. The smallest absolute Gasteiger partial charge is 0.244 e. The quantitative estimate of drug-likeness (QED) is 0.684. The van der Waals surface area contributed by atoms with Crippen molar-refractivity contribution < 1.29 is 17.7 Å². The zero-order chi connectivity index (χ0) is 14.0. The zero-order valence-electron chi connectivity index (χ0n) is 9.74. The molecule has 4 nitrogen and oxygen atoms in total. The molecule has 1 atom stereocenters. The van der Waals surface area contributed by atoms with E-state index in [4.69, 9.17) is 10.3 Å². The van der Waals surface area contributed by atoms with Crippen LogP contribution in [0.5, 0.6) is 0 Å². The highest BCUT2D eigenvalue weighted by Crippen LogP contribution is 2.23. The van der Waals surface area contributed by atoms with Crippen molar-refractivity contribution in [3.8, 4) is 11.4 Å². The van der Waals surface area contributed by atoms with Gasteiger partial charge in [-0.05, 0) is 18.6 Å². The summed E-state index contributed by atoms with van der Waals surface area (Å²) in [6, 6.07) is 1.02. The Labute approximate surface area is 106 Å². The van der Waals surface area contributed by atoms with Crippen LogP contribution in [0.25, 0.3) is 11.4 Å². The molecule has 2 rings (SSSR count). The van der Waals surface area contributed by atoms with Crippen LogP contribution < -0.4 is 5.73 Å². The number of rotatable bonds is 4. The van der Waals surface area contributed by atoms with E-state index in [1.165, 1.54) is 0 Å². The first-order valence-electron chi connectivity index (χ1n) is 5.38. The van der Waals surface area contributed by atoms with Gasteiger partial charge in [-0.1, -0.05) is 11.2 Å². The molecule has 1 unspecified atom stereocenters. The molecule has 2 N–H and O–H groups in total. The van der Waals surface area contributed by atoms with E-state index in [-0.39, 0.29) is 17.3 Å². The van der Waals surface area contributed by atoms with Crippen LogP contribution in [0.1, 0.15) is 18.4 Å². The second-order valence-electron chi connectivity index (χ2n) is 3.84. The van der Waals surface area contributed by atoms with Crippen molar-refractivity contribution in [2.24, 2.45) is 5.73 Å². The van der Waals surface area contributed by atoms with Gasteiger partial charge in [-0.2, -0.15) is 4.98 Å². The first-order chi connectivity index (χ1) is 9.02. The lowest BCUT2D eigenvalue weighted by molar-refractivity contribution is 0.356. The average Bonchev–Trinajstić information content (AvgIpc) is 2.85. The van der Waals surface area contributed by atoms with Crippen molar-refractivity contribution in [3.05, 3.63) is 48.1 Å². The van der Waals surface area contributed by atoms with Gasteiger partial charge in [0.1, 0.15) is 0 Å². The van der Waals surface area contributed by atoms with Crippen LogP contribution in [-0.2, 0) is 0 Å². The molecule has 0 aliphatic carbocycles. The Morgan fingerprint density at radius 1 is 1.32 bits per heavy atom. The Morgan fingerprint density at radius 2 is 1.95 bits per heavy atom. The summed E-state index contributed by atoms with van der Waals surface area (Å²) in [5.41, 5.74) is 5.67. The van der Waals surface area contributed by atoms with Gasteiger partial charge in [0.05, 0.1) is 6.04 Å². The van der Waals surface area contributed by atoms with Crippen LogP contribution in [0.3, 0.4) is 0 Å². The van der Waals surface area contributed by atoms with Gasteiger partial charge in [-0.25, -0.2) is 13.2 Å². The lowest BCUT2D eigenvalue weighted by Gasteiger charge is -2.00. The number of hydrogen-bond acceptors (Lipinski definition) is 4. The van der Waals surface area contributed by atoms with Crippen LogP contribution in [0, 0.1) is 17.5 Å². The summed E-state index contributed by atoms with van der Waals surface area (Å²) in [7, 11) is 0. The fourth-order valence-electron chi connectivity index (χ4n) is 1.47. The predicted molar refractivity (Wildman–Crippen MR) is 61.4 cm³/mol. The van der Waals surface area contributed by atoms with Crippen molar-refractivity contribution in [2.45, 2.75) is 12.5 Å². The van der Waals surface area contributed by atoms with E-state index in [2.05, 4.69) is 16.7 Å². The minimum atomic E-state index is -1.55. The van der Waals surface area contributed by atoms with Gasteiger partial charge in [-0.15, -0.1) is 6.58 Å². The van der Waals surface area contributed by atoms with Gasteiger partial charge in [-0.3, -0.25) is 0 Å². The van der Waals surface area contributed by atoms with E-state index in [9.17, 15) is 13.2 Å². The Morgan fingerprint density at radius 3 is 2.53 bits per heavy atom.